The lowest BCUT2D eigenvalue weighted by atomic mass is 10.1. The lowest BCUT2D eigenvalue weighted by Crippen LogP contribution is -2.34. The van der Waals surface area contributed by atoms with Crippen LogP contribution in [0.25, 0.3) is 0 Å². The van der Waals surface area contributed by atoms with Gasteiger partial charge in [0.1, 0.15) is 12.9 Å². The highest BCUT2D eigenvalue weighted by molar-refractivity contribution is 4.71. The Bertz CT molecular complexity index is 1080. The minimum atomic E-state index is -0.481. The monoisotopic (exact) mass is 1210 g/mol. The fraction of sp³-hybridized carbons (Fsp3) is 1.00. The van der Waals surface area contributed by atoms with Crippen LogP contribution < -0.4 is 0 Å². The van der Waals surface area contributed by atoms with Gasteiger partial charge in [0.25, 0.3) is 0 Å². The van der Waals surface area contributed by atoms with Gasteiger partial charge in [-0.1, -0.05) is 7.43 Å². The quantitative estimate of drug-likeness (QED) is 0.0830. The zero-order chi connectivity index (χ0) is 63.4. The number of methoxy groups -OCH3 is 4. The molecule has 5 atom stereocenters. The summed E-state index contributed by atoms with van der Waals surface area (Å²) in [5, 5.41) is 103. The van der Waals surface area contributed by atoms with Crippen LogP contribution in [0.2, 0.25) is 0 Å². The second-order valence-electron chi connectivity index (χ2n) is 21.3. The summed E-state index contributed by atoms with van der Waals surface area (Å²) in [5.74, 6) is 0. The third-order valence-corrected chi connectivity index (χ3v) is 11.1. The molecule has 0 amide bonds. The number of nitrogens with zero attached hydrogens (tertiary/aromatic N) is 7. The predicted octanol–water partition coefficient (Wildman–Crippen LogP) is -2.10. The second-order valence-corrected chi connectivity index (χ2v) is 21.3. The first-order valence-corrected chi connectivity index (χ1v) is 28.4. The number of aliphatic hydroxyl groups excluding tert-OH is 12. The summed E-state index contributed by atoms with van der Waals surface area (Å²) in [4.78, 5) is 14.1. The molecule has 82 heavy (non-hydrogen) atoms. The Labute approximate surface area is 498 Å². The Morgan fingerprint density at radius 3 is 0.976 bits per heavy atom. The molecule has 6 saturated heterocycles. The molecule has 0 aromatic carbocycles. The first-order chi connectivity index (χ1) is 38.2. The van der Waals surface area contributed by atoms with Gasteiger partial charge < -0.3 is 124 Å². The second kappa shape index (κ2) is 70.7. The lowest BCUT2D eigenvalue weighted by Gasteiger charge is -2.25. The van der Waals surface area contributed by atoms with Crippen molar-refractivity contribution >= 4 is 0 Å². The Morgan fingerprint density at radius 2 is 0.744 bits per heavy atom. The normalized spacial score (nSPS) is 21.3. The van der Waals surface area contributed by atoms with Crippen molar-refractivity contribution in [2.24, 2.45) is 0 Å². The van der Waals surface area contributed by atoms with Gasteiger partial charge >= 0.3 is 0 Å². The molecule has 0 spiro atoms. The number of likely N-dealkylation sites (N-methyl/N-ethyl adjacent to an activating group) is 5. The molecular weight excluding hydrogens is 1070 g/mol. The zero-order valence-electron chi connectivity index (χ0n) is 53.8. The highest BCUT2D eigenvalue weighted by Crippen LogP contribution is 2.08. The molecule has 5 unspecified atom stereocenters. The SMILES string of the molecule is C.CN(C)CC(O)CN(C)C.CN(C)CO.CN1CCC(O)C1.CN1CCC(O)CC1.CN1CCCC(O)C1.CO.COCC(O)CN(C)C.COCC(O)COC.COCO.OC1CCCOC1.OC1CCOC1.OC1CCOCC1. The molecule has 0 bridgehead atoms. The van der Waals surface area contributed by atoms with Crippen molar-refractivity contribution in [2.45, 2.75) is 127 Å². The largest absolute Gasteiger partial charge is 0.400 e. The number of hydrogen-bond donors (Lipinski definition) is 12. The molecule has 26 nitrogen and oxygen atoms in total. The summed E-state index contributed by atoms with van der Waals surface area (Å²) < 4.78 is 32.8. The fourth-order valence-corrected chi connectivity index (χ4v) is 6.98. The smallest absolute Gasteiger partial charge is 0.143 e. The average molecular weight is 1210 g/mol. The molecule has 12 N–H and O–H groups in total. The van der Waals surface area contributed by atoms with Gasteiger partial charge in [0.05, 0.1) is 88.6 Å². The van der Waals surface area contributed by atoms with Crippen molar-refractivity contribution in [3.63, 3.8) is 0 Å². The summed E-state index contributed by atoms with van der Waals surface area (Å²) in [6.45, 7) is 13.4. The molecule has 26 heteroatoms. The van der Waals surface area contributed by atoms with E-state index in [0.29, 0.717) is 39.6 Å². The van der Waals surface area contributed by atoms with Gasteiger partial charge in [0.15, 0.2) is 0 Å². The average Bonchev–Trinajstić information content (AvgIpc) is 4.05. The standard InChI is InChI=1S/C7H18N2O.C6H15NO2.2C6H13NO.C5H11NO.C5H12O3.2C5H10O2.C4H8O2.C3H9NO.C2H6O2.CH4O.CH4/c1-8(2)5-7(10)6-9(3)4;1-7(2)4-6(8)5-9-3;1-7-4-2-6(8)3-5-7;1-7-4-2-3-6(8)5-7;1-6-3-2-5(7)4-6;1-7-3-5(6)4-8-2;6-5-1-3-7-4-2-5;6-5-2-1-3-7-4-5;5-4-1-2-6-3-4;1-4(2)3-5;1-4-2-3;1-2;/h7,10H,5-6H2,1-4H3;6,8H,4-5H2,1-3H3;2*6,8H,2-5H2,1H3;5,7H,2-4H2,1H3;5-6H,3-4H2,1-2H3;2*5-6H,1-4H2;4-5H,1-3H2;5H,3H2,1-2H3;3H,2H2,1H3;2H,1H3;1H4. The highest BCUT2D eigenvalue weighted by atomic mass is 16.6. The van der Waals surface area contributed by atoms with Gasteiger partial charge in [0, 0.05) is 114 Å². The Balaban J connectivity index is -0.000000151. The van der Waals surface area contributed by atoms with Crippen LogP contribution >= 0.6 is 0 Å². The molecule has 0 aromatic heterocycles. The van der Waals surface area contributed by atoms with Crippen molar-refractivity contribution < 1.29 is 94.4 Å². The number of piperidine rings is 2. The van der Waals surface area contributed by atoms with Gasteiger partial charge in [-0.05, 0) is 148 Å². The molecule has 0 aromatic rings. The van der Waals surface area contributed by atoms with Crippen LogP contribution in [0.4, 0.5) is 0 Å². The Kier molecular flexibility index (Phi) is 81.6. The van der Waals surface area contributed by atoms with Crippen LogP contribution in [0, 0.1) is 0 Å². The van der Waals surface area contributed by atoms with E-state index in [1.807, 2.05) is 71.1 Å². The molecule has 0 saturated carbocycles. The number of rotatable bonds is 14. The van der Waals surface area contributed by atoms with Crippen LogP contribution in [0.15, 0.2) is 0 Å². The molecule has 6 aliphatic heterocycles. The molecule has 6 heterocycles. The topological polar surface area (TPSA) is 330 Å². The molecule has 0 aliphatic carbocycles. The minimum Gasteiger partial charge on any atom is -0.400 e. The predicted molar refractivity (Wildman–Crippen MR) is 326 cm³/mol. The van der Waals surface area contributed by atoms with Gasteiger partial charge in [-0.2, -0.15) is 0 Å². The van der Waals surface area contributed by atoms with Gasteiger partial charge in [0.2, 0.25) is 0 Å². The third-order valence-electron chi connectivity index (χ3n) is 11.1. The van der Waals surface area contributed by atoms with Crippen LogP contribution in [0.5, 0.6) is 0 Å². The maximum Gasteiger partial charge on any atom is 0.143 e. The minimum absolute atomic E-state index is 0. The maximum atomic E-state index is 9.31. The van der Waals surface area contributed by atoms with Gasteiger partial charge in [-0.15, -0.1) is 0 Å². The van der Waals surface area contributed by atoms with E-state index in [1.54, 1.807) is 40.3 Å². The zero-order valence-corrected chi connectivity index (χ0v) is 53.8. The van der Waals surface area contributed by atoms with E-state index in [2.05, 4.69) is 36.0 Å². The van der Waals surface area contributed by atoms with E-state index in [-0.39, 0.29) is 69.8 Å². The molecular formula is C56H133N7O19. The van der Waals surface area contributed by atoms with Crippen molar-refractivity contribution in [3.05, 3.63) is 0 Å². The first-order valence-electron chi connectivity index (χ1n) is 28.4. The molecule has 506 valence electrons. The van der Waals surface area contributed by atoms with Crippen LogP contribution in [0.3, 0.4) is 0 Å². The summed E-state index contributed by atoms with van der Waals surface area (Å²) in [6, 6.07) is 0. The van der Waals surface area contributed by atoms with Gasteiger partial charge in [-0.3, -0.25) is 4.90 Å². The van der Waals surface area contributed by atoms with Crippen LogP contribution in [0.1, 0.15) is 71.6 Å². The number of likely N-dealkylation sites (tertiary alicyclic amines) is 3. The third kappa shape index (κ3) is 85.4. The van der Waals surface area contributed by atoms with E-state index in [4.69, 9.17) is 75.1 Å². The Hall–Kier alpha value is -1.04. The van der Waals surface area contributed by atoms with Crippen molar-refractivity contribution in [2.75, 3.05) is 245 Å². The molecule has 6 aliphatic rings. The van der Waals surface area contributed by atoms with Crippen molar-refractivity contribution in [3.8, 4) is 0 Å². The maximum absolute atomic E-state index is 9.31. The van der Waals surface area contributed by atoms with Gasteiger partial charge in [-0.25, -0.2) is 0 Å². The Morgan fingerprint density at radius 1 is 0.415 bits per heavy atom. The fourth-order valence-electron chi connectivity index (χ4n) is 6.98. The summed E-state index contributed by atoms with van der Waals surface area (Å²) in [7, 11) is 28.5. The number of hydrogen-bond acceptors (Lipinski definition) is 26. The number of β-amino-alcohol motifs (C(OH)–C–C–N with tert-alkyl or cyclic N) is 2. The molecule has 0 radical (unpaired) electrons. The summed E-state index contributed by atoms with van der Waals surface area (Å²) in [6.07, 6.45) is 7.74. The number of aliphatic hydroxyl groups is 12. The highest BCUT2D eigenvalue weighted by Gasteiger charge is 2.16. The van der Waals surface area contributed by atoms with Crippen LogP contribution in [-0.2, 0) is 33.2 Å². The van der Waals surface area contributed by atoms with Crippen molar-refractivity contribution in [1.29, 1.82) is 0 Å². The molecule has 6 rings (SSSR count). The lowest BCUT2D eigenvalue weighted by molar-refractivity contribution is -0.00535. The number of ether oxygens (including phenoxy) is 7. The van der Waals surface area contributed by atoms with Crippen molar-refractivity contribution in [1.82, 2.24) is 34.3 Å². The summed E-state index contributed by atoms with van der Waals surface area (Å²) in [5.41, 5.74) is 0. The summed E-state index contributed by atoms with van der Waals surface area (Å²) >= 11 is 0. The van der Waals surface area contributed by atoms with E-state index in [9.17, 15) is 5.11 Å². The van der Waals surface area contributed by atoms with E-state index in [1.165, 1.54) is 7.11 Å². The van der Waals surface area contributed by atoms with Crippen LogP contribution in [-0.4, -0.2) is 395 Å². The van der Waals surface area contributed by atoms with E-state index in [0.717, 1.165) is 150 Å². The molecule has 6 fully saturated rings. The van der Waals surface area contributed by atoms with E-state index < -0.39 is 6.10 Å². The first kappa shape index (κ1) is 94.6. The van der Waals surface area contributed by atoms with E-state index >= 15 is 0 Å².